The second-order valence-corrected chi connectivity index (χ2v) is 8.70. The number of nitrogens with zero attached hydrogens (tertiary/aromatic N) is 3. The van der Waals surface area contributed by atoms with Gasteiger partial charge in [-0.15, -0.1) is 0 Å². The molecule has 192 valence electrons. The van der Waals surface area contributed by atoms with E-state index in [0.29, 0.717) is 17.6 Å². The topological polar surface area (TPSA) is 66.9 Å². The van der Waals surface area contributed by atoms with E-state index in [-0.39, 0.29) is 35.6 Å². The van der Waals surface area contributed by atoms with Crippen LogP contribution in [0.4, 0.5) is 14.5 Å². The van der Waals surface area contributed by atoms with Gasteiger partial charge in [-0.05, 0) is 49.1 Å². The maximum Gasteiger partial charge on any atom is 0.331 e. The van der Waals surface area contributed by atoms with Gasteiger partial charge in [0.25, 0.3) is 0 Å². The number of imidazole rings is 1. The monoisotopic (exact) mass is 515 g/mol. The Hall–Kier alpha value is -4.55. The first kappa shape index (κ1) is 25.1. The Morgan fingerprint density at radius 1 is 1.16 bits per heavy atom. The molecule has 1 fully saturated rings. The van der Waals surface area contributed by atoms with Crippen LogP contribution in [-0.4, -0.2) is 22.1 Å². The van der Waals surface area contributed by atoms with Gasteiger partial charge in [0, 0.05) is 24.3 Å². The quantitative estimate of drug-likeness (QED) is 0.149. The molecule has 1 aliphatic rings. The predicted octanol–water partition coefficient (Wildman–Crippen LogP) is 7.11. The smallest absolute Gasteiger partial charge is 0.331 e. The van der Waals surface area contributed by atoms with Crippen molar-refractivity contribution >= 4 is 28.8 Å². The molecule has 3 aromatic carbocycles. The van der Waals surface area contributed by atoms with Crippen LogP contribution in [0, 0.1) is 18.2 Å². The summed E-state index contributed by atoms with van der Waals surface area (Å²) in [4.78, 5) is 20.1. The summed E-state index contributed by atoms with van der Waals surface area (Å²) in [5.41, 5.74) is 1.61. The number of rotatable bonds is 7. The number of carbonyl (C=O) groups excluding carboxylic acids is 1. The fourth-order valence-corrected chi connectivity index (χ4v) is 4.26. The molecule has 5 rings (SSSR count). The van der Waals surface area contributed by atoms with Crippen molar-refractivity contribution in [2.75, 3.05) is 6.61 Å². The highest BCUT2D eigenvalue weighted by molar-refractivity contribution is 5.94. The van der Waals surface area contributed by atoms with E-state index in [9.17, 15) is 9.18 Å². The number of halogens is 2. The number of hydrogen-bond donors (Lipinski definition) is 0. The van der Waals surface area contributed by atoms with Gasteiger partial charge in [-0.25, -0.2) is 23.4 Å². The van der Waals surface area contributed by atoms with Gasteiger partial charge in [-0.1, -0.05) is 30.3 Å². The van der Waals surface area contributed by atoms with Crippen LogP contribution in [0.3, 0.4) is 0 Å². The summed E-state index contributed by atoms with van der Waals surface area (Å²) < 4.78 is 48.1. The summed E-state index contributed by atoms with van der Waals surface area (Å²) >= 11 is 0. The van der Waals surface area contributed by atoms with Crippen molar-refractivity contribution in [3.8, 4) is 11.5 Å². The van der Waals surface area contributed by atoms with Crippen LogP contribution in [0.15, 0.2) is 67.0 Å². The predicted molar refractivity (Wildman–Crippen MR) is 137 cm³/mol. The Morgan fingerprint density at radius 2 is 2.00 bits per heavy atom. The minimum atomic E-state index is -0.721. The van der Waals surface area contributed by atoms with Gasteiger partial charge >= 0.3 is 5.97 Å². The third-order valence-corrected chi connectivity index (χ3v) is 6.15. The first-order valence-electron chi connectivity index (χ1n) is 12.1. The van der Waals surface area contributed by atoms with Crippen LogP contribution in [0.2, 0.25) is 0 Å². The van der Waals surface area contributed by atoms with Crippen LogP contribution in [0.25, 0.3) is 22.0 Å². The number of carbonyl (C=O) groups is 1. The second kappa shape index (κ2) is 11.2. The molecule has 1 aliphatic heterocycles. The lowest BCUT2D eigenvalue weighted by atomic mass is 10.1. The lowest BCUT2D eigenvalue weighted by Gasteiger charge is -2.24. The van der Waals surface area contributed by atoms with Crippen molar-refractivity contribution in [3.63, 3.8) is 0 Å². The molecule has 9 heteroatoms. The highest BCUT2D eigenvalue weighted by Crippen LogP contribution is 2.38. The number of ether oxygens (including phenoxy) is 3. The summed E-state index contributed by atoms with van der Waals surface area (Å²) in [6.45, 7) is 7.81. The van der Waals surface area contributed by atoms with Crippen LogP contribution in [0.5, 0.6) is 11.5 Å². The minimum Gasteiger partial charge on any atom is -0.458 e. The molecular formula is C29H23F2N3O4. The van der Waals surface area contributed by atoms with Crippen molar-refractivity contribution in [2.45, 2.75) is 32.1 Å². The maximum atomic E-state index is 15.6. The number of hydrogen-bond acceptors (Lipinski definition) is 5. The number of benzene rings is 3. The lowest BCUT2D eigenvalue weighted by molar-refractivity contribution is -0.138. The van der Waals surface area contributed by atoms with E-state index in [1.807, 2.05) is 30.3 Å². The van der Waals surface area contributed by atoms with Crippen molar-refractivity contribution in [1.82, 2.24) is 9.55 Å². The fourth-order valence-electron chi connectivity index (χ4n) is 4.26. The molecule has 0 amide bonds. The zero-order valence-corrected chi connectivity index (χ0v) is 20.3. The first-order valence-corrected chi connectivity index (χ1v) is 12.1. The lowest BCUT2D eigenvalue weighted by Crippen LogP contribution is -2.17. The van der Waals surface area contributed by atoms with Crippen LogP contribution >= 0.6 is 0 Å². The van der Waals surface area contributed by atoms with E-state index in [4.69, 9.17) is 20.8 Å². The van der Waals surface area contributed by atoms with Gasteiger partial charge in [0.2, 0.25) is 5.69 Å². The van der Waals surface area contributed by atoms with Gasteiger partial charge < -0.3 is 18.8 Å². The molecule has 1 atom stereocenters. The van der Waals surface area contributed by atoms with E-state index >= 15 is 4.39 Å². The van der Waals surface area contributed by atoms with Gasteiger partial charge in [-0.3, -0.25) is 0 Å². The Balaban J connectivity index is 1.52. The minimum absolute atomic E-state index is 0.0620. The van der Waals surface area contributed by atoms with E-state index in [0.717, 1.165) is 30.9 Å². The first-order chi connectivity index (χ1) is 18.5. The second-order valence-electron chi connectivity index (χ2n) is 8.70. The molecule has 0 saturated carbocycles. The maximum absolute atomic E-state index is 15.6. The molecule has 0 aliphatic carbocycles. The molecule has 2 heterocycles. The Kier molecular flexibility index (Phi) is 7.43. The fraction of sp³-hybridized carbons (Fsp3) is 0.207. The van der Waals surface area contributed by atoms with Crippen LogP contribution < -0.4 is 4.74 Å². The molecular weight excluding hydrogens is 492 g/mol. The van der Waals surface area contributed by atoms with Crippen LogP contribution in [0.1, 0.15) is 36.6 Å². The molecule has 38 heavy (non-hydrogen) atoms. The summed E-state index contributed by atoms with van der Waals surface area (Å²) in [6, 6.07) is 14.1. The van der Waals surface area contributed by atoms with Crippen LogP contribution in [-0.2, 0) is 20.9 Å². The van der Waals surface area contributed by atoms with E-state index in [1.165, 1.54) is 30.4 Å². The molecule has 1 saturated heterocycles. The number of aromatic nitrogens is 2. The summed E-state index contributed by atoms with van der Waals surface area (Å²) in [5.74, 6) is -2.23. The van der Waals surface area contributed by atoms with Gasteiger partial charge in [0.1, 0.15) is 24.4 Å². The average Bonchev–Trinajstić information content (AvgIpc) is 3.37. The molecule has 7 nitrogen and oxygen atoms in total. The Bertz CT molecular complexity index is 1540. The summed E-state index contributed by atoms with van der Waals surface area (Å²) in [7, 11) is 0. The van der Waals surface area contributed by atoms with Crippen molar-refractivity contribution in [1.29, 1.82) is 0 Å². The standard InChI is InChI=1S/C29H23F2N3O4/c1-32-24-15-20(10-12-22(24)30)38-29-21(11-13-27(35)37-17-19-7-3-2-4-8-19)28-25(16-23(29)31)34(18-33-28)26-9-5-6-14-36-26/h2-4,7-8,10-13,15-16,18,26H,5-6,9,14,17H2/b13-11+. The van der Waals surface area contributed by atoms with E-state index in [2.05, 4.69) is 9.83 Å². The van der Waals surface area contributed by atoms with Crippen molar-refractivity contribution < 1.29 is 27.8 Å². The largest absolute Gasteiger partial charge is 0.458 e. The van der Waals surface area contributed by atoms with Gasteiger partial charge in [-0.2, -0.15) is 0 Å². The molecule has 0 spiro atoms. The van der Waals surface area contributed by atoms with Crippen molar-refractivity contribution in [3.05, 3.63) is 101 Å². The zero-order chi connectivity index (χ0) is 26.5. The highest BCUT2D eigenvalue weighted by atomic mass is 19.1. The molecule has 0 radical (unpaired) electrons. The molecule has 0 bridgehead atoms. The Morgan fingerprint density at radius 3 is 2.76 bits per heavy atom. The number of esters is 1. The number of fused-ring (bicyclic) bond motifs is 1. The third-order valence-electron chi connectivity index (χ3n) is 6.15. The van der Waals surface area contributed by atoms with Crippen molar-refractivity contribution in [2.24, 2.45) is 0 Å². The molecule has 4 aromatic rings. The average molecular weight is 516 g/mol. The SMILES string of the molecule is [C-]#[N+]c1cc(Oc2c(F)cc3c(ncn3C3CCCCO3)c2/C=C/C(=O)OCc2ccccc2)ccc1F. The molecule has 1 unspecified atom stereocenters. The van der Waals surface area contributed by atoms with Gasteiger partial charge in [0.05, 0.1) is 23.9 Å². The van der Waals surface area contributed by atoms with E-state index in [1.54, 1.807) is 10.9 Å². The molecule has 1 aromatic heterocycles. The molecule has 0 N–H and O–H groups in total. The van der Waals surface area contributed by atoms with E-state index < -0.39 is 17.6 Å². The highest BCUT2D eigenvalue weighted by Gasteiger charge is 2.23. The Labute approximate surface area is 217 Å². The third kappa shape index (κ3) is 5.41. The summed E-state index contributed by atoms with van der Waals surface area (Å²) in [6.07, 6.45) is 6.54. The van der Waals surface area contributed by atoms with Gasteiger partial charge in [0.15, 0.2) is 11.6 Å². The zero-order valence-electron chi connectivity index (χ0n) is 20.3. The normalized spacial score (nSPS) is 15.4. The summed E-state index contributed by atoms with van der Waals surface area (Å²) in [5, 5.41) is 0.